The van der Waals surface area contributed by atoms with Gasteiger partial charge in [-0.3, -0.25) is 9.59 Å². The predicted octanol–water partition coefficient (Wildman–Crippen LogP) is 2.54. The van der Waals surface area contributed by atoms with E-state index in [-0.39, 0.29) is 29.9 Å². The topological polar surface area (TPSA) is 79.0 Å². The maximum absolute atomic E-state index is 12.6. The van der Waals surface area contributed by atoms with Gasteiger partial charge in [-0.1, -0.05) is 6.92 Å². The summed E-state index contributed by atoms with van der Waals surface area (Å²) in [4.78, 5) is 40.2. The highest BCUT2D eigenvalue weighted by atomic mass is 16.6. The lowest BCUT2D eigenvalue weighted by atomic mass is 9.94. The van der Waals surface area contributed by atoms with Gasteiger partial charge in [0.2, 0.25) is 11.8 Å². The van der Waals surface area contributed by atoms with Crippen molar-refractivity contribution in [3.8, 4) is 0 Å². The summed E-state index contributed by atoms with van der Waals surface area (Å²) in [5, 5.41) is 3.14. The lowest BCUT2D eigenvalue weighted by Crippen LogP contribution is -2.50. The molecule has 7 heteroatoms. The summed E-state index contributed by atoms with van der Waals surface area (Å²) in [6, 6.07) is 0.107. The normalized spacial score (nSPS) is 19.7. The Bertz CT molecular complexity index is 528. The fourth-order valence-corrected chi connectivity index (χ4v) is 3.61. The van der Waals surface area contributed by atoms with Crippen LogP contribution in [0.15, 0.2) is 0 Å². The van der Waals surface area contributed by atoms with Crippen molar-refractivity contribution in [1.29, 1.82) is 0 Å². The Hall–Kier alpha value is -1.79. The molecule has 0 aromatic rings. The predicted molar refractivity (Wildman–Crippen MR) is 103 cm³/mol. The lowest BCUT2D eigenvalue weighted by molar-refractivity contribution is -0.136. The summed E-state index contributed by atoms with van der Waals surface area (Å²) in [5.74, 6) is 0.277. The minimum absolute atomic E-state index is 0.0143. The molecule has 0 saturated carbocycles. The van der Waals surface area contributed by atoms with Crippen LogP contribution < -0.4 is 5.32 Å². The standard InChI is InChI=1S/C20H35N3O4/c1-5-6-17(24)22-11-7-15(8-12-22)18(25)21-16-9-13-23(14-10-16)19(26)27-20(2,3)4/h15-16H,5-14H2,1-4H3,(H,21,25). The molecule has 0 aromatic heterocycles. The highest BCUT2D eigenvalue weighted by molar-refractivity contribution is 5.80. The van der Waals surface area contributed by atoms with Gasteiger partial charge in [-0.05, 0) is 52.9 Å². The van der Waals surface area contributed by atoms with Crippen LogP contribution in [0.2, 0.25) is 0 Å². The van der Waals surface area contributed by atoms with Crippen LogP contribution in [0.3, 0.4) is 0 Å². The molecule has 2 heterocycles. The van der Waals surface area contributed by atoms with Crippen molar-refractivity contribution in [1.82, 2.24) is 15.1 Å². The van der Waals surface area contributed by atoms with Crippen molar-refractivity contribution in [3.05, 3.63) is 0 Å². The van der Waals surface area contributed by atoms with Crippen LogP contribution in [-0.4, -0.2) is 65.5 Å². The number of ether oxygens (including phenoxy) is 1. The first-order valence-corrected chi connectivity index (χ1v) is 10.3. The number of carbonyl (C=O) groups excluding carboxylic acids is 3. The number of hydrogen-bond acceptors (Lipinski definition) is 4. The molecule has 2 fully saturated rings. The van der Waals surface area contributed by atoms with Gasteiger partial charge in [-0.2, -0.15) is 0 Å². The first kappa shape index (κ1) is 21.5. The van der Waals surface area contributed by atoms with E-state index in [0.29, 0.717) is 32.6 Å². The van der Waals surface area contributed by atoms with Crippen molar-refractivity contribution in [3.63, 3.8) is 0 Å². The van der Waals surface area contributed by atoms with Crippen LogP contribution in [0, 0.1) is 5.92 Å². The van der Waals surface area contributed by atoms with Gasteiger partial charge >= 0.3 is 6.09 Å². The first-order valence-electron chi connectivity index (χ1n) is 10.3. The van der Waals surface area contributed by atoms with Crippen molar-refractivity contribution < 1.29 is 19.1 Å². The molecular formula is C20H35N3O4. The molecule has 27 heavy (non-hydrogen) atoms. The number of hydrogen-bond donors (Lipinski definition) is 1. The molecule has 2 saturated heterocycles. The summed E-state index contributed by atoms with van der Waals surface area (Å²) in [6.45, 7) is 10.1. The third-order valence-corrected chi connectivity index (χ3v) is 5.18. The van der Waals surface area contributed by atoms with Gasteiger partial charge in [0.1, 0.15) is 5.60 Å². The van der Waals surface area contributed by atoms with Gasteiger partial charge in [-0.25, -0.2) is 4.79 Å². The summed E-state index contributed by atoms with van der Waals surface area (Å²) < 4.78 is 5.40. The second kappa shape index (κ2) is 9.42. The van der Waals surface area contributed by atoms with Crippen molar-refractivity contribution >= 4 is 17.9 Å². The Morgan fingerprint density at radius 1 is 0.963 bits per heavy atom. The first-order chi connectivity index (χ1) is 12.7. The summed E-state index contributed by atoms with van der Waals surface area (Å²) >= 11 is 0. The molecular weight excluding hydrogens is 346 g/mol. The van der Waals surface area contributed by atoms with Gasteiger partial charge < -0.3 is 19.9 Å². The van der Waals surface area contributed by atoms with E-state index in [1.807, 2.05) is 32.6 Å². The molecule has 3 amide bonds. The van der Waals surface area contributed by atoms with E-state index in [1.54, 1.807) is 4.90 Å². The maximum atomic E-state index is 12.6. The molecule has 0 aromatic carbocycles. The molecule has 0 unspecified atom stereocenters. The SMILES string of the molecule is CCCC(=O)N1CCC(C(=O)NC2CCN(C(=O)OC(C)(C)C)CC2)CC1. The molecule has 0 aliphatic carbocycles. The smallest absolute Gasteiger partial charge is 0.410 e. The van der Waals surface area contributed by atoms with Gasteiger partial charge in [-0.15, -0.1) is 0 Å². The molecule has 0 spiro atoms. The minimum Gasteiger partial charge on any atom is -0.444 e. The molecule has 0 atom stereocenters. The Kier molecular flexibility index (Phi) is 7.50. The Morgan fingerprint density at radius 3 is 2.04 bits per heavy atom. The number of nitrogens with one attached hydrogen (secondary N) is 1. The maximum Gasteiger partial charge on any atom is 0.410 e. The molecule has 7 nitrogen and oxygen atoms in total. The van der Waals surface area contributed by atoms with E-state index in [1.165, 1.54) is 0 Å². The number of piperidine rings is 2. The van der Waals surface area contributed by atoms with Gasteiger partial charge in [0.05, 0.1) is 0 Å². The van der Waals surface area contributed by atoms with Crippen LogP contribution in [0.1, 0.15) is 66.2 Å². The minimum atomic E-state index is -0.491. The average Bonchev–Trinajstić information content (AvgIpc) is 2.61. The second-order valence-electron chi connectivity index (χ2n) is 8.66. The van der Waals surface area contributed by atoms with Crippen LogP contribution in [0.5, 0.6) is 0 Å². The zero-order chi connectivity index (χ0) is 20.0. The highest BCUT2D eigenvalue weighted by Gasteiger charge is 2.31. The van der Waals surface area contributed by atoms with Crippen molar-refractivity contribution in [2.45, 2.75) is 77.9 Å². The van der Waals surface area contributed by atoms with Crippen molar-refractivity contribution in [2.24, 2.45) is 5.92 Å². The van der Waals surface area contributed by atoms with Gasteiger partial charge in [0, 0.05) is 44.6 Å². The zero-order valence-corrected chi connectivity index (χ0v) is 17.3. The molecule has 0 radical (unpaired) electrons. The van der Waals surface area contributed by atoms with E-state index in [4.69, 9.17) is 4.74 Å². The van der Waals surface area contributed by atoms with Crippen LogP contribution in [0.25, 0.3) is 0 Å². The second-order valence-corrected chi connectivity index (χ2v) is 8.66. The zero-order valence-electron chi connectivity index (χ0n) is 17.3. The van der Waals surface area contributed by atoms with E-state index in [0.717, 1.165) is 32.1 Å². The lowest BCUT2D eigenvalue weighted by Gasteiger charge is -2.35. The number of rotatable bonds is 4. The largest absolute Gasteiger partial charge is 0.444 e. The van der Waals surface area contributed by atoms with Crippen LogP contribution in [-0.2, 0) is 14.3 Å². The molecule has 2 aliphatic rings. The van der Waals surface area contributed by atoms with Crippen LogP contribution >= 0.6 is 0 Å². The quantitative estimate of drug-likeness (QED) is 0.812. The monoisotopic (exact) mass is 381 g/mol. The molecule has 2 aliphatic heterocycles. The van der Waals surface area contributed by atoms with E-state index in [9.17, 15) is 14.4 Å². The number of nitrogens with zero attached hydrogens (tertiary/aromatic N) is 2. The number of amides is 3. The summed E-state index contributed by atoms with van der Waals surface area (Å²) in [6.07, 6.45) is 4.14. The summed E-state index contributed by atoms with van der Waals surface area (Å²) in [7, 11) is 0. The Morgan fingerprint density at radius 2 is 1.52 bits per heavy atom. The molecule has 154 valence electrons. The Balaban J connectivity index is 1.71. The number of likely N-dealkylation sites (tertiary alicyclic amines) is 2. The molecule has 0 bridgehead atoms. The molecule has 2 rings (SSSR count). The van der Waals surface area contributed by atoms with Gasteiger partial charge in [0.25, 0.3) is 0 Å². The highest BCUT2D eigenvalue weighted by Crippen LogP contribution is 2.20. The van der Waals surface area contributed by atoms with Crippen molar-refractivity contribution in [2.75, 3.05) is 26.2 Å². The third-order valence-electron chi connectivity index (χ3n) is 5.18. The Labute approximate surface area is 162 Å². The van der Waals surface area contributed by atoms with Crippen LogP contribution in [0.4, 0.5) is 4.79 Å². The fourth-order valence-electron chi connectivity index (χ4n) is 3.61. The molecule has 1 N–H and O–H groups in total. The fraction of sp³-hybridized carbons (Fsp3) is 0.850. The van der Waals surface area contributed by atoms with Gasteiger partial charge in [0.15, 0.2) is 0 Å². The summed E-state index contributed by atoms with van der Waals surface area (Å²) in [5.41, 5.74) is -0.491. The average molecular weight is 382 g/mol. The number of carbonyl (C=O) groups is 3. The third kappa shape index (κ3) is 6.70. The van der Waals surface area contributed by atoms with E-state index in [2.05, 4.69) is 5.32 Å². The van der Waals surface area contributed by atoms with E-state index >= 15 is 0 Å². The van der Waals surface area contributed by atoms with E-state index < -0.39 is 5.60 Å².